The highest BCUT2D eigenvalue weighted by Gasteiger charge is 2.28. The van der Waals surface area contributed by atoms with Crippen LogP contribution in [0.3, 0.4) is 0 Å². The fraction of sp³-hybridized carbons (Fsp3) is 0.409. The number of sulfone groups is 1. The lowest BCUT2D eigenvalue weighted by Gasteiger charge is -2.21. The Hall–Kier alpha value is -2.47. The van der Waals surface area contributed by atoms with Gasteiger partial charge in [0.2, 0.25) is 5.91 Å². The first kappa shape index (κ1) is 23.2. The third-order valence-electron chi connectivity index (χ3n) is 5.32. The average molecular weight is 462 g/mol. The molecular weight excluding hydrogens is 438 g/mol. The number of anilines is 1. The third-order valence-corrected chi connectivity index (χ3v) is 6.90. The van der Waals surface area contributed by atoms with E-state index in [-0.39, 0.29) is 28.3 Å². The number of halogens is 1. The largest absolute Gasteiger partial charge is 0.384 e. The van der Waals surface area contributed by atoms with Gasteiger partial charge < -0.3 is 10.4 Å². The Morgan fingerprint density at radius 2 is 2.03 bits per heavy atom. The van der Waals surface area contributed by atoms with Crippen molar-refractivity contribution in [3.05, 3.63) is 46.9 Å². The summed E-state index contributed by atoms with van der Waals surface area (Å²) in [7, 11) is -3.46. The lowest BCUT2D eigenvalue weighted by molar-refractivity contribution is -0.118. The summed E-state index contributed by atoms with van der Waals surface area (Å²) in [5, 5.41) is 11.6. The number of aliphatic hydroxyl groups excluding tert-OH is 1. The second kappa shape index (κ2) is 10.2. The molecule has 1 saturated carbocycles. The van der Waals surface area contributed by atoms with Crippen molar-refractivity contribution in [1.29, 1.82) is 0 Å². The summed E-state index contributed by atoms with van der Waals surface area (Å²) < 4.78 is 23.8. The van der Waals surface area contributed by atoms with Crippen LogP contribution < -0.4 is 5.32 Å². The number of nitrogens with one attached hydrogen (secondary N) is 1. The molecule has 3 rings (SSSR count). The lowest BCUT2D eigenvalue weighted by Crippen LogP contribution is -2.24. The van der Waals surface area contributed by atoms with Crippen molar-refractivity contribution >= 4 is 33.2 Å². The SMILES string of the molecule is CS(=O)(=O)c1ccc([C@@H](CC2CCCC2)C(=O)Nc2cnc(C#CCO)cn2)cc1Cl. The van der Waals surface area contributed by atoms with Gasteiger partial charge in [0, 0.05) is 6.26 Å². The van der Waals surface area contributed by atoms with Gasteiger partial charge in [0.15, 0.2) is 15.7 Å². The molecule has 0 unspecified atom stereocenters. The number of benzene rings is 1. The fourth-order valence-corrected chi connectivity index (χ4v) is 5.15. The number of aromatic nitrogens is 2. The summed E-state index contributed by atoms with van der Waals surface area (Å²) >= 11 is 6.23. The van der Waals surface area contributed by atoms with Crippen molar-refractivity contribution in [3.8, 4) is 11.8 Å². The molecule has 0 spiro atoms. The van der Waals surface area contributed by atoms with Gasteiger partial charge in [0.25, 0.3) is 0 Å². The molecule has 0 radical (unpaired) electrons. The van der Waals surface area contributed by atoms with E-state index >= 15 is 0 Å². The third kappa shape index (κ3) is 6.26. The van der Waals surface area contributed by atoms with E-state index in [1.165, 1.54) is 18.5 Å². The molecular formula is C22H24ClN3O4S. The van der Waals surface area contributed by atoms with Crippen molar-refractivity contribution in [2.75, 3.05) is 18.2 Å². The van der Waals surface area contributed by atoms with Gasteiger partial charge in [-0.25, -0.2) is 18.4 Å². The molecule has 1 aromatic heterocycles. The molecule has 0 aliphatic heterocycles. The van der Waals surface area contributed by atoms with Crippen molar-refractivity contribution < 1.29 is 18.3 Å². The quantitative estimate of drug-likeness (QED) is 0.639. The number of amides is 1. The standard InChI is InChI=1S/C22H24ClN3O4S/c1-31(29,30)20-9-8-16(12-19(20)23)18(11-15-5-2-3-6-15)22(28)26-21-14-24-17(13-25-21)7-4-10-27/h8-9,12-15,18,27H,2-3,5-6,10-11H2,1H3,(H,25,26,28)/t18-/m1/s1. The molecule has 0 saturated heterocycles. The van der Waals surface area contributed by atoms with Gasteiger partial charge in [-0.2, -0.15) is 0 Å². The van der Waals surface area contributed by atoms with Crippen LogP contribution in [0, 0.1) is 17.8 Å². The van der Waals surface area contributed by atoms with Crippen LogP contribution in [0.1, 0.15) is 49.3 Å². The van der Waals surface area contributed by atoms with E-state index in [0.29, 0.717) is 23.6 Å². The molecule has 2 aromatic rings. The van der Waals surface area contributed by atoms with E-state index in [1.54, 1.807) is 12.1 Å². The van der Waals surface area contributed by atoms with E-state index < -0.39 is 15.8 Å². The highest BCUT2D eigenvalue weighted by molar-refractivity contribution is 7.90. The Balaban J connectivity index is 1.84. The van der Waals surface area contributed by atoms with Crippen molar-refractivity contribution in [1.82, 2.24) is 9.97 Å². The lowest BCUT2D eigenvalue weighted by atomic mass is 9.87. The van der Waals surface area contributed by atoms with Crippen LogP contribution in [0.4, 0.5) is 5.82 Å². The first-order chi connectivity index (χ1) is 14.8. The maximum absolute atomic E-state index is 13.1. The Morgan fingerprint density at radius 3 is 2.61 bits per heavy atom. The van der Waals surface area contributed by atoms with Gasteiger partial charge in [0.1, 0.15) is 12.3 Å². The van der Waals surface area contributed by atoms with Crippen molar-refractivity contribution in [3.63, 3.8) is 0 Å². The summed E-state index contributed by atoms with van der Waals surface area (Å²) in [5.41, 5.74) is 1.05. The molecule has 1 aliphatic rings. The molecule has 1 heterocycles. The summed E-state index contributed by atoms with van der Waals surface area (Å²) in [4.78, 5) is 21.5. The minimum atomic E-state index is -3.46. The Morgan fingerprint density at radius 1 is 1.29 bits per heavy atom. The summed E-state index contributed by atoms with van der Waals surface area (Å²) in [6, 6.07) is 4.67. The van der Waals surface area contributed by atoms with Gasteiger partial charge in [-0.3, -0.25) is 4.79 Å². The van der Waals surface area contributed by atoms with Crippen molar-refractivity contribution in [2.24, 2.45) is 5.92 Å². The number of hydrogen-bond acceptors (Lipinski definition) is 6. The Kier molecular flexibility index (Phi) is 7.65. The topological polar surface area (TPSA) is 109 Å². The molecule has 164 valence electrons. The molecule has 2 N–H and O–H groups in total. The number of aliphatic hydroxyl groups is 1. The van der Waals surface area contributed by atoms with Crippen LogP contribution in [0.2, 0.25) is 5.02 Å². The number of rotatable bonds is 6. The van der Waals surface area contributed by atoms with E-state index in [4.69, 9.17) is 16.7 Å². The second-order valence-corrected chi connectivity index (χ2v) is 10.0. The predicted octanol–water partition coefficient (Wildman–Crippen LogP) is 3.18. The number of nitrogens with zero attached hydrogens (tertiary/aromatic N) is 2. The molecule has 31 heavy (non-hydrogen) atoms. The number of hydrogen-bond donors (Lipinski definition) is 2. The molecule has 7 nitrogen and oxygen atoms in total. The zero-order chi connectivity index (χ0) is 22.4. The predicted molar refractivity (Wildman–Crippen MR) is 119 cm³/mol. The zero-order valence-electron chi connectivity index (χ0n) is 17.1. The Bertz CT molecular complexity index is 1100. The average Bonchev–Trinajstić information content (AvgIpc) is 3.23. The van der Waals surface area contributed by atoms with Gasteiger partial charge in [-0.05, 0) is 36.0 Å². The summed E-state index contributed by atoms with van der Waals surface area (Å²) in [6.07, 6.45) is 9.00. The van der Waals surface area contributed by atoms with E-state index in [1.807, 2.05) is 0 Å². The first-order valence-corrected chi connectivity index (χ1v) is 12.3. The monoisotopic (exact) mass is 461 g/mol. The summed E-state index contributed by atoms with van der Waals surface area (Å²) in [6.45, 7) is -0.274. The van der Waals surface area contributed by atoms with Crippen LogP contribution in [0.25, 0.3) is 0 Å². The van der Waals surface area contributed by atoms with Gasteiger partial charge in [-0.15, -0.1) is 0 Å². The maximum atomic E-state index is 13.1. The smallest absolute Gasteiger partial charge is 0.233 e. The highest BCUT2D eigenvalue weighted by Crippen LogP contribution is 2.36. The Labute approximate surface area is 187 Å². The van der Waals surface area contributed by atoms with E-state index in [2.05, 4.69) is 27.1 Å². The molecule has 1 aliphatic carbocycles. The molecule has 9 heteroatoms. The molecule has 0 bridgehead atoms. The van der Waals surface area contributed by atoms with Crippen molar-refractivity contribution in [2.45, 2.75) is 42.9 Å². The van der Waals surface area contributed by atoms with Crippen LogP contribution >= 0.6 is 11.6 Å². The normalized spacial score (nSPS) is 15.2. The molecule has 1 fully saturated rings. The van der Waals surface area contributed by atoms with E-state index in [9.17, 15) is 13.2 Å². The van der Waals surface area contributed by atoms with Gasteiger partial charge in [0.05, 0.1) is 28.2 Å². The van der Waals surface area contributed by atoms with Crippen LogP contribution in [-0.2, 0) is 14.6 Å². The van der Waals surface area contributed by atoms with E-state index in [0.717, 1.165) is 31.9 Å². The summed E-state index contributed by atoms with van der Waals surface area (Å²) in [5.74, 6) is 5.09. The zero-order valence-corrected chi connectivity index (χ0v) is 18.7. The molecule has 1 aromatic carbocycles. The van der Waals surface area contributed by atoms with Crippen LogP contribution in [-0.4, -0.2) is 42.3 Å². The maximum Gasteiger partial charge on any atom is 0.233 e. The highest BCUT2D eigenvalue weighted by atomic mass is 35.5. The number of carbonyl (C=O) groups is 1. The molecule has 1 amide bonds. The number of carbonyl (C=O) groups excluding carboxylic acids is 1. The van der Waals surface area contributed by atoms with Gasteiger partial charge in [-0.1, -0.05) is 49.3 Å². The van der Waals surface area contributed by atoms with Crippen LogP contribution in [0.5, 0.6) is 0 Å². The minimum absolute atomic E-state index is 0.0448. The molecule has 1 atom stereocenters. The fourth-order valence-electron chi connectivity index (χ4n) is 3.81. The first-order valence-electron chi connectivity index (χ1n) is 10.00. The van der Waals surface area contributed by atoms with Gasteiger partial charge >= 0.3 is 0 Å². The van der Waals surface area contributed by atoms with Crippen LogP contribution in [0.15, 0.2) is 35.5 Å². The second-order valence-electron chi connectivity index (χ2n) is 7.64. The minimum Gasteiger partial charge on any atom is -0.384 e.